The molecule has 1 aromatic carbocycles. The lowest BCUT2D eigenvalue weighted by Crippen LogP contribution is -2.46. The van der Waals surface area contributed by atoms with Crippen molar-refractivity contribution in [1.82, 2.24) is 5.32 Å². The summed E-state index contributed by atoms with van der Waals surface area (Å²) in [5.41, 5.74) is 8.89. The topological polar surface area (TPSA) is 38.0 Å². The molecule has 0 radical (unpaired) electrons. The van der Waals surface area contributed by atoms with Crippen LogP contribution in [0.4, 0.5) is 0 Å². The summed E-state index contributed by atoms with van der Waals surface area (Å²) in [5.74, 6) is 0. The predicted molar refractivity (Wildman–Crippen MR) is 68.5 cm³/mol. The molecule has 1 heterocycles. The monoisotopic (exact) mass is 218 g/mol. The van der Waals surface area contributed by atoms with Crippen LogP contribution in [0.25, 0.3) is 0 Å². The molecule has 0 aliphatic carbocycles. The van der Waals surface area contributed by atoms with Crippen molar-refractivity contribution in [1.29, 1.82) is 0 Å². The molecule has 1 aromatic rings. The van der Waals surface area contributed by atoms with Crippen molar-refractivity contribution in [3.8, 4) is 0 Å². The number of hydrogen-bond donors (Lipinski definition) is 2. The van der Waals surface area contributed by atoms with Crippen molar-refractivity contribution >= 4 is 0 Å². The van der Waals surface area contributed by atoms with Gasteiger partial charge in [0.25, 0.3) is 0 Å². The molecule has 0 amide bonds. The van der Waals surface area contributed by atoms with Gasteiger partial charge in [-0.2, -0.15) is 0 Å². The fourth-order valence-corrected chi connectivity index (χ4v) is 2.61. The van der Waals surface area contributed by atoms with Gasteiger partial charge in [-0.15, -0.1) is 0 Å². The minimum atomic E-state index is 0.212. The van der Waals surface area contributed by atoms with Crippen molar-refractivity contribution in [2.45, 2.75) is 38.1 Å². The first-order chi connectivity index (χ1) is 7.74. The van der Waals surface area contributed by atoms with Gasteiger partial charge in [-0.25, -0.2) is 0 Å². The smallest absolute Gasteiger partial charge is 0.0307 e. The van der Waals surface area contributed by atoms with Gasteiger partial charge in [-0.1, -0.05) is 29.8 Å². The van der Waals surface area contributed by atoms with Gasteiger partial charge in [-0.3, -0.25) is 0 Å². The number of nitrogens with one attached hydrogen (secondary N) is 1. The van der Waals surface area contributed by atoms with E-state index in [-0.39, 0.29) is 5.54 Å². The van der Waals surface area contributed by atoms with E-state index in [9.17, 15) is 0 Å². The second kappa shape index (κ2) is 4.98. The number of rotatable bonds is 4. The Kier molecular flexibility index (Phi) is 3.62. The summed E-state index contributed by atoms with van der Waals surface area (Å²) in [4.78, 5) is 0. The Bertz CT molecular complexity index is 340. The van der Waals surface area contributed by atoms with Crippen LogP contribution in [0.2, 0.25) is 0 Å². The number of benzene rings is 1. The predicted octanol–water partition coefficient (Wildman–Crippen LogP) is 2.01. The van der Waals surface area contributed by atoms with E-state index in [1.807, 2.05) is 0 Å². The molecular weight excluding hydrogens is 196 g/mol. The second-order valence-corrected chi connectivity index (χ2v) is 5.00. The highest BCUT2D eigenvalue weighted by atomic mass is 15.0. The highest BCUT2D eigenvalue weighted by Gasteiger charge is 2.31. The lowest BCUT2D eigenvalue weighted by atomic mass is 9.89. The molecule has 2 nitrogen and oxygen atoms in total. The van der Waals surface area contributed by atoms with Crippen molar-refractivity contribution < 1.29 is 0 Å². The molecule has 16 heavy (non-hydrogen) atoms. The van der Waals surface area contributed by atoms with Crippen LogP contribution < -0.4 is 11.1 Å². The Morgan fingerprint density at radius 1 is 1.44 bits per heavy atom. The molecular formula is C14H22N2. The summed E-state index contributed by atoms with van der Waals surface area (Å²) in [6.45, 7) is 4.04. The van der Waals surface area contributed by atoms with E-state index in [0.717, 1.165) is 25.9 Å². The Labute approximate surface area is 98.2 Å². The van der Waals surface area contributed by atoms with Gasteiger partial charge < -0.3 is 11.1 Å². The quantitative estimate of drug-likeness (QED) is 0.811. The van der Waals surface area contributed by atoms with Crippen LogP contribution in [-0.4, -0.2) is 18.6 Å². The van der Waals surface area contributed by atoms with Crippen LogP contribution in [0, 0.1) is 6.92 Å². The zero-order chi connectivity index (χ0) is 11.4. The number of nitrogens with two attached hydrogens (primary N) is 1. The van der Waals surface area contributed by atoms with E-state index in [1.54, 1.807) is 0 Å². The van der Waals surface area contributed by atoms with Crippen LogP contribution >= 0.6 is 0 Å². The van der Waals surface area contributed by atoms with Crippen molar-refractivity contribution in [2.75, 3.05) is 13.1 Å². The Balaban J connectivity index is 1.95. The maximum absolute atomic E-state index is 5.90. The highest BCUT2D eigenvalue weighted by Crippen LogP contribution is 2.24. The third kappa shape index (κ3) is 2.63. The molecule has 88 valence electrons. The maximum atomic E-state index is 5.90. The minimum absolute atomic E-state index is 0.212. The highest BCUT2D eigenvalue weighted by molar-refractivity contribution is 5.22. The summed E-state index contributed by atoms with van der Waals surface area (Å²) in [5, 5.41) is 3.58. The van der Waals surface area contributed by atoms with E-state index < -0.39 is 0 Å². The molecule has 0 saturated carbocycles. The Morgan fingerprint density at radius 2 is 2.31 bits per heavy atom. The third-order valence-corrected chi connectivity index (χ3v) is 3.70. The van der Waals surface area contributed by atoms with Gasteiger partial charge in [0, 0.05) is 12.1 Å². The molecule has 0 spiro atoms. The summed E-state index contributed by atoms with van der Waals surface area (Å²) < 4.78 is 0. The Hall–Kier alpha value is -0.860. The summed E-state index contributed by atoms with van der Waals surface area (Å²) >= 11 is 0. The SMILES string of the molecule is Cc1cccc(CCC2(CN)CCCN2)c1. The molecule has 0 bridgehead atoms. The van der Waals surface area contributed by atoms with Gasteiger partial charge in [0.1, 0.15) is 0 Å². The van der Waals surface area contributed by atoms with E-state index >= 15 is 0 Å². The van der Waals surface area contributed by atoms with Gasteiger partial charge in [0.05, 0.1) is 0 Å². The third-order valence-electron chi connectivity index (χ3n) is 3.70. The van der Waals surface area contributed by atoms with Gasteiger partial charge >= 0.3 is 0 Å². The van der Waals surface area contributed by atoms with Crippen LogP contribution in [0.3, 0.4) is 0 Å². The molecule has 1 unspecified atom stereocenters. The van der Waals surface area contributed by atoms with Gasteiger partial charge in [0.15, 0.2) is 0 Å². The number of aryl methyl sites for hydroxylation is 2. The summed E-state index contributed by atoms with van der Waals surface area (Å²) in [6.07, 6.45) is 4.79. The normalized spacial score (nSPS) is 24.9. The van der Waals surface area contributed by atoms with Crippen molar-refractivity contribution in [2.24, 2.45) is 5.73 Å². The zero-order valence-electron chi connectivity index (χ0n) is 10.1. The van der Waals surface area contributed by atoms with E-state index in [4.69, 9.17) is 5.73 Å². The largest absolute Gasteiger partial charge is 0.329 e. The lowest BCUT2D eigenvalue weighted by Gasteiger charge is -2.28. The zero-order valence-corrected chi connectivity index (χ0v) is 10.1. The fraction of sp³-hybridized carbons (Fsp3) is 0.571. The molecule has 1 aliphatic heterocycles. The van der Waals surface area contributed by atoms with E-state index in [0.29, 0.717) is 0 Å². The molecule has 2 heteroatoms. The summed E-state index contributed by atoms with van der Waals surface area (Å²) in [7, 11) is 0. The first-order valence-corrected chi connectivity index (χ1v) is 6.25. The minimum Gasteiger partial charge on any atom is -0.329 e. The van der Waals surface area contributed by atoms with Crippen LogP contribution in [0.5, 0.6) is 0 Å². The molecule has 2 rings (SSSR count). The van der Waals surface area contributed by atoms with Crippen molar-refractivity contribution in [3.63, 3.8) is 0 Å². The molecule has 1 saturated heterocycles. The number of hydrogen-bond acceptors (Lipinski definition) is 2. The standard InChI is InChI=1S/C14H22N2/c1-12-4-2-5-13(10-12)6-8-14(11-15)7-3-9-16-14/h2,4-5,10,16H,3,6-9,11,15H2,1H3. The molecule has 1 atom stereocenters. The first-order valence-electron chi connectivity index (χ1n) is 6.25. The lowest BCUT2D eigenvalue weighted by molar-refractivity contribution is 0.358. The first kappa shape index (κ1) is 11.6. The Morgan fingerprint density at radius 3 is 2.94 bits per heavy atom. The molecule has 0 aromatic heterocycles. The van der Waals surface area contributed by atoms with E-state index in [1.165, 1.54) is 24.0 Å². The van der Waals surface area contributed by atoms with Crippen LogP contribution in [0.15, 0.2) is 24.3 Å². The molecule has 3 N–H and O–H groups in total. The van der Waals surface area contributed by atoms with Crippen molar-refractivity contribution in [3.05, 3.63) is 35.4 Å². The molecule has 1 aliphatic rings. The fourth-order valence-electron chi connectivity index (χ4n) is 2.61. The maximum Gasteiger partial charge on any atom is 0.0307 e. The molecule has 1 fully saturated rings. The van der Waals surface area contributed by atoms with Crippen LogP contribution in [-0.2, 0) is 6.42 Å². The van der Waals surface area contributed by atoms with Gasteiger partial charge in [-0.05, 0) is 44.7 Å². The summed E-state index contributed by atoms with van der Waals surface area (Å²) in [6, 6.07) is 8.78. The van der Waals surface area contributed by atoms with Gasteiger partial charge in [0.2, 0.25) is 0 Å². The van der Waals surface area contributed by atoms with Crippen LogP contribution in [0.1, 0.15) is 30.4 Å². The van der Waals surface area contributed by atoms with E-state index in [2.05, 4.69) is 36.5 Å². The second-order valence-electron chi connectivity index (χ2n) is 5.00. The average molecular weight is 218 g/mol. The average Bonchev–Trinajstić information content (AvgIpc) is 2.76.